The van der Waals surface area contributed by atoms with Crippen molar-refractivity contribution in [2.75, 3.05) is 6.61 Å². The lowest BCUT2D eigenvalue weighted by Crippen LogP contribution is -2.15. The Morgan fingerprint density at radius 2 is 2.08 bits per heavy atom. The van der Waals surface area contributed by atoms with Crippen molar-refractivity contribution in [1.29, 1.82) is 0 Å². The molecule has 0 atom stereocenters. The van der Waals surface area contributed by atoms with Crippen LogP contribution in [0.15, 0.2) is 29.3 Å². The summed E-state index contributed by atoms with van der Waals surface area (Å²) in [4.78, 5) is 4.56. The summed E-state index contributed by atoms with van der Waals surface area (Å²) in [6.45, 7) is 0.751. The summed E-state index contributed by atoms with van der Waals surface area (Å²) < 4.78 is 5.70. The minimum atomic E-state index is 0.138. The summed E-state index contributed by atoms with van der Waals surface area (Å²) in [5, 5.41) is 0. The lowest BCUT2D eigenvalue weighted by molar-refractivity contribution is 0.284. The minimum absolute atomic E-state index is 0.138. The number of fused-ring (bicyclic) bond motifs is 1. The highest BCUT2D eigenvalue weighted by Gasteiger charge is 2.44. The van der Waals surface area contributed by atoms with Gasteiger partial charge in [-0.15, -0.1) is 0 Å². The Bertz CT molecular complexity index is 366. The molecule has 2 heteroatoms. The van der Waals surface area contributed by atoms with Gasteiger partial charge in [-0.05, 0) is 25.0 Å². The maximum atomic E-state index is 5.70. The lowest BCUT2D eigenvalue weighted by Gasteiger charge is -2.08. The highest BCUT2D eigenvalue weighted by atomic mass is 16.5. The third-order valence-electron chi connectivity index (χ3n) is 2.72. The van der Waals surface area contributed by atoms with Crippen molar-refractivity contribution in [2.45, 2.75) is 18.4 Å². The van der Waals surface area contributed by atoms with Crippen LogP contribution in [0.3, 0.4) is 0 Å². The molecule has 0 radical (unpaired) electrons. The molecule has 0 N–H and O–H groups in total. The van der Waals surface area contributed by atoms with Crippen LogP contribution in [0, 0.1) is 0 Å². The Morgan fingerprint density at radius 3 is 2.92 bits per heavy atom. The van der Waals surface area contributed by atoms with Crippen molar-refractivity contribution >= 4 is 6.21 Å². The summed E-state index contributed by atoms with van der Waals surface area (Å²) in [6, 6.07) is 8.06. The van der Waals surface area contributed by atoms with Gasteiger partial charge in [0.05, 0.1) is 5.54 Å². The predicted molar refractivity (Wildman–Crippen MR) is 51.5 cm³/mol. The van der Waals surface area contributed by atoms with Gasteiger partial charge in [0.1, 0.15) is 12.4 Å². The van der Waals surface area contributed by atoms with Crippen molar-refractivity contribution in [3.05, 3.63) is 29.8 Å². The van der Waals surface area contributed by atoms with Gasteiger partial charge in [-0.2, -0.15) is 0 Å². The molecule has 2 nitrogen and oxygen atoms in total. The predicted octanol–water partition coefficient (Wildman–Crippen LogP) is 2.03. The normalized spacial score (nSPS) is 21.8. The van der Waals surface area contributed by atoms with Gasteiger partial charge in [0.15, 0.2) is 0 Å². The maximum Gasteiger partial charge on any atom is 0.128 e. The van der Waals surface area contributed by atoms with Crippen LogP contribution < -0.4 is 4.74 Å². The van der Waals surface area contributed by atoms with Crippen LogP contribution in [-0.4, -0.2) is 18.4 Å². The highest BCUT2D eigenvalue weighted by molar-refractivity contribution is 5.84. The van der Waals surface area contributed by atoms with Crippen LogP contribution in [0.25, 0.3) is 0 Å². The quantitative estimate of drug-likeness (QED) is 0.588. The minimum Gasteiger partial charge on any atom is -0.490 e. The number of ether oxygens (including phenoxy) is 1. The molecule has 1 aromatic rings. The molecule has 1 saturated carbocycles. The highest BCUT2D eigenvalue weighted by Crippen LogP contribution is 2.41. The van der Waals surface area contributed by atoms with Crippen LogP contribution in [0.5, 0.6) is 5.75 Å². The number of rotatable bonds is 0. The van der Waals surface area contributed by atoms with Crippen molar-refractivity contribution in [1.82, 2.24) is 0 Å². The zero-order chi connectivity index (χ0) is 8.73. The summed E-state index contributed by atoms with van der Waals surface area (Å²) in [7, 11) is 0. The van der Waals surface area contributed by atoms with E-state index in [1.165, 1.54) is 12.8 Å². The van der Waals surface area contributed by atoms with E-state index in [4.69, 9.17) is 4.74 Å². The average molecular weight is 173 g/mol. The van der Waals surface area contributed by atoms with E-state index in [0.717, 1.165) is 17.9 Å². The second-order valence-corrected chi connectivity index (χ2v) is 3.81. The van der Waals surface area contributed by atoms with Crippen LogP contribution in [0.1, 0.15) is 18.4 Å². The summed E-state index contributed by atoms with van der Waals surface area (Å²) in [5.74, 6) is 0.968. The fourth-order valence-electron chi connectivity index (χ4n) is 1.59. The Hall–Kier alpha value is -1.31. The van der Waals surface area contributed by atoms with E-state index >= 15 is 0 Å². The second kappa shape index (κ2) is 2.34. The molecule has 13 heavy (non-hydrogen) atoms. The molecule has 3 rings (SSSR count). The van der Waals surface area contributed by atoms with E-state index in [1.807, 2.05) is 30.5 Å². The van der Waals surface area contributed by atoms with Crippen LogP contribution in [-0.2, 0) is 0 Å². The summed E-state index contributed by atoms with van der Waals surface area (Å²) in [5.41, 5.74) is 1.24. The second-order valence-electron chi connectivity index (χ2n) is 3.81. The first-order valence-corrected chi connectivity index (χ1v) is 4.65. The van der Waals surface area contributed by atoms with Crippen molar-refractivity contribution < 1.29 is 4.74 Å². The van der Waals surface area contributed by atoms with Gasteiger partial charge in [-0.1, -0.05) is 12.1 Å². The maximum absolute atomic E-state index is 5.70. The Labute approximate surface area is 77.3 Å². The lowest BCUT2D eigenvalue weighted by atomic mass is 10.2. The molecule has 0 saturated heterocycles. The number of benzene rings is 1. The largest absolute Gasteiger partial charge is 0.490 e. The van der Waals surface area contributed by atoms with Crippen LogP contribution in [0.4, 0.5) is 0 Å². The monoisotopic (exact) mass is 173 g/mol. The smallest absolute Gasteiger partial charge is 0.128 e. The fraction of sp³-hybridized carbons (Fsp3) is 0.364. The zero-order valence-electron chi connectivity index (χ0n) is 7.36. The van der Waals surface area contributed by atoms with Gasteiger partial charge in [0.2, 0.25) is 0 Å². The van der Waals surface area contributed by atoms with Gasteiger partial charge in [-0.3, -0.25) is 4.99 Å². The SMILES string of the molecule is C1=NC2(CC2)COc2ccccc21. The number of para-hydroxylation sites is 1. The molecule has 1 aromatic carbocycles. The third kappa shape index (κ3) is 1.13. The number of aliphatic imine (C=N–C) groups is 1. The van der Waals surface area contributed by atoms with E-state index < -0.39 is 0 Å². The molecule has 66 valence electrons. The molecular formula is C11H11NO. The first kappa shape index (κ1) is 7.13. The molecule has 0 aromatic heterocycles. The van der Waals surface area contributed by atoms with E-state index in [2.05, 4.69) is 4.99 Å². The van der Waals surface area contributed by atoms with Gasteiger partial charge in [0, 0.05) is 11.8 Å². The molecule has 1 aliphatic carbocycles. The third-order valence-corrected chi connectivity index (χ3v) is 2.72. The average Bonchev–Trinajstić information content (AvgIpc) is 2.96. The molecule has 0 amide bonds. The van der Waals surface area contributed by atoms with Crippen molar-refractivity contribution in [3.63, 3.8) is 0 Å². The number of hydrogen-bond donors (Lipinski definition) is 0. The van der Waals surface area contributed by atoms with Crippen LogP contribution in [0.2, 0.25) is 0 Å². The van der Waals surface area contributed by atoms with Crippen molar-refractivity contribution in [3.8, 4) is 5.75 Å². The number of nitrogens with zero attached hydrogens (tertiary/aromatic N) is 1. The van der Waals surface area contributed by atoms with Gasteiger partial charge in [0.25, 0.3) is 0 Å². The van der Waals surface area contributed by atoms with Gasteiger partial charge < -0.3 is 4.74 Å². The van der Waals surface area contributed by atoms with E-state index in [-0.39, 0.29) is 5.54 Å². The van der Waals surface area contributed by atoms with E-state index in [1.54, 1.807) is 0 Å². The zero-order valence-corrected chi connectivity index (χ0v) is 7.36. The fourth-order valence-corrected chi connectivity index (χ4v) is 1.59. The van der Waals surface area contributed by atoms with Gasteiger partial charge in [-0.25, -0.2) is 0 Å². The molecular weight excluding hydrogens is 162 g/mol. The summed E-state index contributed by atoms with van der Waals surface area (Å²) >= 11 is 0. The topological polar surface area (TPSA) is 21.6 Å². The first-order valence-electron chi connectivity index (χ1n) is 4.65. The van der Waals surface area contributed by atoms with Gasteiger partial charge >= 0.3 is 0 Å². The summed E-state index contributed by atoms with van der Waals surface area (Å²) in [6.07, 6.45) is 4.31. The molecule has 2 aliphatic rings. The Kier molecular flexibility index (Phi) is 1.29. The number of hydrogen-bond acceptors (Lipinski definition) is 2. The Morgan fingerprint density at radius 1 is 1.23 bits per heavy atom. The molecule has 1 heterocycles. The van der Waals surface area contributed by atoms with E-state index in [9.17, 15) is 0 Å². The molecule has 1 fully saturated rings. The standard InChI is InChI=1S/C11H11NO/c1-2-4-10-9(3-1)7-12-11(5-6-11)8-13-10/h1-4,7H,5-6,8H2. The van der Waals surface area contributed by atoms with E-state index in [0.29, 0.717) is 0 Å². The molecule has 1 spiro atoms. The molecule has 1 aliphatic heterocycles. The van der Waals surface area contributed by atoms with Crippen LogP contribution >= 0.6 is 0 Å². The van der Waals surface area contributed by atoms with Crippen molar-refractivity contribution in [2.24, 2.45) is 4.99 Å². The molecule has 0 bridgehead atoms. The first-order chi connectivity index (χ1) is 6.38. The Balaban J connectivity index is 2.02. The molecule has 0 unspecified atom stereocenters.